The molecule has 1 aromatic heterocycles. The second-order valence-electron chi connectivity index (χ2n) is 8.10. The first kappa shape index (κ1) is 22.1. The van der Waals surface area contributed by atoms with Gasteiger partial charge in [-0.05, 0) is 77.9 Å². The van der Waals surface area contributed by atoms with E-state index in [2.05, 4.69) is 6.07 Å². The zero-order chi connectivity index (χ0) is 24.4. The summed E-state index contributed by atoms with van der Waals surface area (Å²) in [5.41, 5.74) is 5.14. The second-order valence-corrected chi connectivity index (χ2v) is 8.10. The normalized spacial score (nSPS) is 12.6. The molecule has 2 heterocycles. The fourth-order valence-electron chi connectivity index (χ4n) is 4.04. The summed E-state index contributed by atoms with van der Waals surface area (Å²) < 4.78 is 19.1. The number of hydrogen-bond donors (Lipinski definition) is 1. The van der Waals surface area contributed by atoms with Crippen molar-refractivity contribution in [1.82, 2.24) is 4.98 Å². The van der Waals surface area contributed by atoms with Gasteiger partial charge < -0.3 is 14.7 Å². The highest BCUT2D eigenvalue weighted by Crippen LogP contribution is 2.37. The molecule has 7 heteroatoms. The molecule has 0 atom stereocenters. The number of amides is 1. The number of halogens is 1. The standard InChI is InChI=1S/C28H20FN3O3/c29-22-7-2-19(3-8-22)24-14-21(18-4-9-23(33)10-5-18)15-25(31-24)20-6-11-27-26(16-20)32(13-1-12-30)28(34)17-35-27/h2-11,14-16,33H,1,13,17H2. The number of rotatable bonds is 5. The van der Waals surface area contributed by atoms with Crippen LogP contribution in [-0.4, -0.2) is 29.1 Å². The van der Waals surface area contributed by atoms with Gasteiger partial charge in [0.15, 0.2) is 6.61 Å². The molecule has 172 valence electrons. The van der Waals surface area contributed by atoms with Crippen LogP contribution in [0.4, 0.5) is 10.1 Å². The third-order valence-electron chi connectivity index (χ3n) is 5.81. The van der Waals surface area contributed by atoms with Crippen LogP contribution in [0.5, 0.6) is 11.5 Å². The Morgan fingerprint density at radius 1 is 0.914 bits per heavy atom. The number of aromatic hydroxyl groups is 1. The van der Waals surface area contributed by atoms with Gasteiger partial charge in [-0.2, -0.15) is 5.26 Å². The predicted molar refractivity (Wildman–Crippen MR) is 130 cm³/mol. The number of phenols is 1. The third kappa shape index (κ3) is 4.55. The number of ether oxygens (including phenoxy) is 1. The molecule has 35 heavy (non-hydrogen) atoms. The van der Waals surface area contributed by atoms with Gasteiger partial charge in [-0.15, -0.1) is 0 Å². The van der Waals surface area contributed by atoms with Crippen molar-refractivity contribution in [3.05, 3.63) is 84.7 Å². The summed E-state index contributed by atoms with van der Waals surface area (Å²) in [6.07, 6.45) is 0.207. The fraction of sp³-hybridized carbons (Fsp3) is 0.107. The summed E-state index contributed by atoms with van der Waals surface area (Å²) in [7, 11) is 0. The Labute approximate surface area is 201 Å². The minimum absolute atomic E-state index is 0.0684. The van der Waals surface area contributed by atoms with E-state index in [1.54, 1.807) is 35.2 Å². The monoisotopic (exact) mass is 465 g/mol. The highest BCUT2D eigenvalue weighted by Gasteiger charge is 2.26. The number of fused-ring (bicyclic) bond motifs is 1. The smallest absolute Gasteiger partial charge is 0.265 e. The Kier molecular flexibility index (Phi) is 5.86. The van der Waals surface area contributed by atoms with Crippen LogP contribution >= 0.6 is 0 Å². The summed E-state index contributed by atoms with van der Waals surface area (Å²) >= 11 is 0. The molecule has 0 saturated heterocycles. The van der Waals surface area contributed by atoms with Crippen LogP contribution in [0.2, 0.25) is 0 Å². The molecular formula is C28H20FN3O3. The van der Waals surface area contributed by atoms with Gasteiger partial charge in [0.2, 0.25) is 0 Å². The molecule has 0 aliphatic carbocycles. The Balaban J connectivity index is 1.64. The Bertz CT molecular complexity index is 1380. The number of pyridine rings is 1. The second kappa shape index (κ2) is 9.27. The number of hydrogen-bond acceptors (Lipinski definition) is 5. The molecule has 1 amide bonds. The lowest BCUT2D eigenvalue weighted by Gasteiger charge is -2.29. The maximum Gasteiger partial charge on any atom is 0.265 e. The van der Waals surface area contributed by atoms with Crippen molar-refractivity contribution < 1.29 is 19.0 Å². The van der Waals surface area contributed by atoms with E-state index in [4.69, 9.17) is 15.0 Å². The molecule has 0 bridgehead atoms. The van der Waals surface area contributed by atoms with Gasteiger partial charge >= 0.3 is 0 Å². The average Bonchev–Trinajstić information content (AvgIpc) is 2.88. The number of aromatic nitrogens is 1. The Morgan fingerprint density at radius 2 is 1.57 bits per heavy atom. The van der Waals surface area contributed by atoms with Gasteiger partial charge in [0.25, 0.3) is 5.91 Å². The zero-order valence-corrected chi connectivity index (χ0v) is 18.6. The molecule has 0 saturated carbocycles. The van der Waals surface area contributed by atoms with E-state index in [-0.39, 0.29) is 37.0 Å². The minimum Gasteiger partial charge on any atom is -0.508 e. The number of phenolic OH excluding ortho intramolecular Hbond substituents is 1. The van der Waals surface area contributed by atoms with Gasteiger partial charge in [0.05, 0.1) is 29.6 Å². The van der Waals surface area contributed by atoms with Gasteiger partial charge in [0.1, 0.15) is 17.3 Å². The van der Waals surface area contributed by atoms with E-state index in [0.717, 1.165) is 22.3 Å². The lowest BCUT2D eigenvalue weighted by atomic mass is 9.99. The number of carbonyl (C=O) groups is 1. The first-order valence-electron chi connectivity index (χ1n) is 11.0. The first-order valence-corrected chi connectivity index (χ1v) is 11.0. The average molecular weight is 465 g/mol. The van der Waals surface area contributed by atoms with Crippen LogP contribution < -0.4 is 9.64 Å². The Morgan fingerprint density at radius 3 is 2.29 bits per heavy atom. The SMILES string of the molecule is N#CCCN1C(=O)COc2ccc(-c3cc(-c4ccc(O)cc4)cc(-c4ccc(F)cc4)n3)cc21. The highest BCUT2D eigenvalue weighted by atomic mass is 19.1. The Hall–Kier alpha value is -4.70. The highest BCUT2D eigenvalue weighted by molar-refractivity contribution is 5.98. The number of anilines is 1. The van der Waals surface area contributed by atoms with Crippen molar-refractivity contribution >= 4 is 11.6 Å². The van der Waals surface area contributed by atoms with E-state index >= 15 is 0 Å². The van der Waals surface area contributed by atoms with Gasteiger partial charge in [-0.3, -0.25) is 4.79 Å². The molecule has 0 spiro atoms. The molecule has 1 aliphatic heterocycles. The van der Waals surface area contributed by atoms with Crippen LogP contribution in [0.3, 0.4) is 0 Å². The third-order valence-corrected chi connectivity index (χ3v) is 5.81. The van der Waals surface area contributed by atoms with E-state index in [1.165, 1.54) is 12.1 Å². The van der Waals surface area contributed by atoms with Crippen LogP contribution in [0, 0.1) is 17.1 Å². The van der Waals surface area contributed by atoms with Crippen LogP contribution in [0.25, 0.3) is 33.6 Å². The summed E-state index contributed by atoms with van der Waals surface area (Å²) in [5, 5.41) is 18.7. The van der Waals surface area contributed by atoms with Gasteiger partial charge in [0, 0.05) is 17.7 Å². The molecule has 0 fully saturated rings. The molecule has 1 N–H and O–H groups in total. The molecular weight excluding hydrogens is 445 g/mol. The molecule has 4 aromatic rings. The van der Waals surface area contributed by atoms with Crippen LogP contribution in [0.1, 0.15) is 6.42 Å². The van der Waals surface area contributed by atoms with E-state index in [1.807, 2.05) is 36.4 Å². The molecule has 3 aromatic carbocycles. The topological polar surface area (TPSA) is 86.5 Å². The first-order chi connectivity index (χ1) is 17.0. The van der Waals surface area contributed by atoms with Crippen molar-refractivity contribution in [2.75, 3.05) is 18.1 Å². The predicted octanol–water partition coefficient (Wildman–Crippen LogP) is 5.57. The molecule has 1 aliphatic rings. The van der Waals surface area contributed by atoms with Crippen molar-refractivity contribution in [2.24, 2.45) is 0 Å². The lowest BCUT2D eigenvalue weighted by Crippen LogP contribution is -2.39. The number of carbonyl (C=O) groups excluding carboxylic acids is 1. The van der Waals surface area contributed by atoms with Crippen molar-refractivity contribution in [1.29, 1.82) is 5.26 Å². The number of nitrogens with zero attached hydrogens (tertiary/aromatic N) is 3. The number of benzene rings is 3. The van der Waals surface area contributed by atoms with E-state index < -0.39 is 0 Å². The quantitative estimate of drug-likeness (QED) is 0.417. The molecule has 0 radical (unpaired) electrons. The molecule has 5 rings (SSSR count). The van der Waals surface area contributed by atoms with Crippen molar-refractivity contribution in [2.45, 2.75) is 6.42 Å². The summed E-state index contributed by atoms with van der Waals surface area (Å²) in [6, 6.07) is 24.4. The summed E-state index contributed by atoms with van der Waals surface area (Å²) in [6.45, 7) is 0.206. The molecule has 6 nitrogen and oxygen atoms in total. The van der Waals surface area contributed by atoms with Crippen molar-refractivity contribution in [3.63, 3.8) is 0 Å². The fourth-order valence-corrected chi connectivity index (χ4v) is 4.04. The minimum atomic E-state index is -0.333. The number of nitriles is 1. The van der Waals surface area contributed by atoms with E-state index in [9.17, 15) is 14.3 Å². The lowest BCUT2D eigenvalue weighted by molar-refractivity contribution is -0.121. The maximum atomic E-state index is 13.5. The van der Waals surface area contributed by atoms with Gasteiger partial charge in [-0.1, -0.05) is 12.1 Å². The maximum absolute atomic E-state index is 13.5. The zero-order valence-electron chi connectivity index (χ0n) is 18.6. The van der Waals surface area contributed by atoms with Gasteiger partial charge in [-0.25, -0.2) is 9.37 Å². The van der Waals surface area contributed by atoms with Crippen LogP contribution in [-0.2, 0) is 4.79 Å². The molecule has 0 unspecified atom stereocenters. The summed E-state index contributed by atoms with van der Waals surface area (Å²) in [5.74, 6) is 0.196. The largest absolute Gasteiger partial charge is 0.508 e. The van der Waals surface area contributed by atoms with Crippen molar-refractivity contribution in [3.8, 4) is 51.2 Å². The van der Waals surface area contributed by atoms with Crippen LogP contribution in [0.15, 0.2) is 78.9 Å². The van der Waals surface area contributed by atoms with E-state index in [0.29, 0.717) is 22.8 Å². The summed E-state index contributed by atoms with van der Waals surface area (Å²) in [4.78, 5) is 18.9.